The van der Waals surface area contributed by atoms with Gasteiger partial charge in [-0.25, -0.2) is 0 Å². The molecule has 3 aromatic carbocycles. The van der Waals surface area contributed by atoms with E-state index in [1.807, 2.05) is 0 Å². The molecule has 0 N–H and O–H groups in total. The van der Waals surface area contributed by atoms with Crippen molar-refractivity contribution in [3.8, 4) is 10.6 Å². The van der Waals surface area contributed by atoms with E-state index in [1.165, 1.54) is 25.1 Å². The number of benzene rings is 3. The fourth-order valence-electron chi connectivity index (χ4n) is 3.10. The molecule has 0 saturated heterocycles. The Morgan fingerprint density at radius 1 is 0.667 bits per heavy atom. The van der Waals surface area contributed by atoms with E-state index in [1.54, 1.807) is 0 Å². The van der Waals surface area contributed by atoms with Crippen LogP contribution in [0, 0.1) is 0 Å². The van der Waals surface area contributed by atoms with Crippen LogP contribution >= 0.6 is 10.5 Å². The van der Waals surface area contributed by atoms with Gasteiger partial charge in [0.05, 0.1) is 0 Å². The minimum absolute atomic E-state index is 0.0275. The first-order valence-corrected chi connectivity index (χ1v) is 9.47. The highest BCUT2D eigenvalue weighted by atomic mass is 32.2. The maximum absolute atomic E-state index is 5.96. The molecule has 0 atom stereocenters. The van der Waals surface area contributed by atoms with E-state index in [0.29, 0.717) is 0 Å². The third kappa shape index (κ3) is 2.67. The number of ether oxygens (including phenoxy) is 1. The Morgan fingerprint density at radius 3 is 1.67 bits per heavy atom. The van der Waals surface area contributed by atoms with Gasteiger partial charge in [-0.3, -0.25) is 0 Å². The first kappa shape index (κ1) is 15.2. The summed E-state index contributed by atoms with van der Waals surface area (Å²) in [6, 6.07) is 26.1. The third-order valence-electron chi connectivity index (χ3n) is 3.99. The van der Waals surface area contributed by atoms with Crippen molar-refractivity contribution in [3.05, 3.63) is 72.8 Å². The van der Waals surface area contributed by atoms with Crippen LogP contribution in [-0.2, 0) is 0 Å². The van der Waals surface area contributed by atoms with Gasteiger partial charge in [0.15, 0.2) is 14.3 Å². The number of thiophene rings is 1. The molecular weight excluding hydrogens is 312 g/mol. The highest BCUT2D eigenvalue weighted by Crippen LogP contribution is 2.48. The summed E-state index contributed by atoms with van der Waals surface area (Å²) in [4.78, 5) is 1.34. The van der Waals surface area contributed by atoms with Crippen LogP contribution in [0.3, 0.4) is 0 Å². The number of fused-ring (bicyclic) bond motifs is 3. The van der Waals surface area contributed by atoms with Crippen LogP contribution in [0.5, 0.6) is 5.75 Å². The standard InChI is InChI=1S/C22H21OS/c1-22(2,3)23-16-12-14-17(15-13-16)24-20-10-6-4-8-18(20)19-9-5-7-11-21(19)24/h4-15H,1-3H3/q+1. The van der Waals surface area contributed by atoms with Gasteiger partial charge >= 0.3 is 0 Å². The summed E-state index contributed by atoms with van der Waals surface area (Å²) >= 11 is 0. The molecule has 1 nitrogen and oxygen atoms in total. The first-order valence-electron chi connectivity index (χ1n) is 8.25. The van der Waals surface area contributed by atoms with Gasteiger partial charge in [0.1, 0.15) is 11.4 Å². The predicted molar refractivity (Wildman–Crippen MR) is 106 cm³/mol. The quantitative estimate of drug-likeness (QED) is 0.362. The van der Waals surface area contributed by atoms with Gasteiger partial charge in [0, 0.05) is 33.4 Å². The van der Waals surface area contributed by atoms with Crippen LogP contribution in [0.1, 0.15) is 20.8 Å². The van der Waals surface area contributed by atoms with Crippen LogP contribution in [0.25, 0.3) is 25.1 Å². The minimum atomic E-state index is -0.170. The molecule has 0 aliphatic rings. The van der Waals surface area contributed by atoms with Crippen LogP contribution in [-0.4, -0.2) is 5.60 Å². The van der Waals surface area contributed by atoms with Gasteiger partial charge in [-0.1, -0.05) is 24.3 Å². The molecule has 4 aromatic rings. The van der Waals surface area contributed by atoms with Crippen LogP contribution in [0.4, 0.5) is 0 Å². The van der Waals surface area contributed by atoms with Crippen molar-refractivity contribution >= 4 is 30.6 Å². The molecule has 0 radical (unpaired) electrons. The third-order valence-corrected chi connectivity index (χ3v) is 6.32. The molecule has 4 rings (SSSR count). The SMILES string of the molecule is CC(C)(C)Oc1ccc(-[s+]2c3ccccc3c3ccccc32)cc1. The van der Waals surface area contributed by atoms with Crippen molar-refractivity contribution < 1.29 is 4.74 Å². The van der Waals surface area contributed by atoms with Crippen molar-refractivity contribution in [2.45, 2.75) is 26.4 Å². The second-order valence-corrected chi connectivity index (χ2v) is 8.95. The van der Waals surface area contributed by atoms with Crippen molar-refractivity contribution in [3.63, 3.8) is 0 Å². The molecule has 0 aliphatic heterocycles. The van der Waals surface area contributed by atoms with Crippen molar-refractivity contribution in [2.75, 3.05) is 0 Å². The molecular formula is C22H21OS+. The topological polar surface area (TPSA) is 9.23 Å². The summed E-state index contributed by atoms with van der Waals surface area (Å²) in [6.07, 6.45) is 0. The Balaban J connectivity index is 1.89. The summed E-state index contributed by atoms with van der Waals surface area (Å²) in [6.45, 7) is 6.23. The molecule has 0 unspecified atom stereocenters. The minimum Gasteiger partial charge on any atom is -0.488 e. The lowest BCUT2D eigenvalue weighted by molar-refractivity contribution is 0.131. The molecule has 0 fully saturated rings. The van der Waals surface area contributed by atoms with Crippen molar-refractivity contribution in [2.24, 2.45) is 0 Å². The molecule has 0 bridgehead atoms. The molecule has 120 valence electrons. The molecule has 1 heterocycles. The fourth-order valence-corrected chi connectivity index (χ4v) is 5.48. The Kier molecular flexibility index (Phi) is 3.58. The van der Waals surface area contributed by atoms with Gasteiger partial charge in [-0.2, -0.15) is 0 Å². The number of hydrogen-bond acceptors (Lipinski definition) is 1. The van der Waals surface area contributed by atoms with E-state index >= 15 is 0 Å². The van der Waals surface area contributed by atoms with Gasteiger partial charge < -0.3 is 4.74 Å². The highest BCUT2D eigenvalue weighted by Gasteiger charge is 2.23. The fraction of sp³-hybridized carbons (Fsp3) is 0.182. The summed E-state index contributed by atoms with van der Waals surface area (Å²) in [5.41, 5.74) is -0.170. The molecule has 2 heteroatoms. The van der Waals surface area contributed by atoms with Crippen LogP contribution in [0.2, 0.25) is 0 Å². The highest BCUT2D eigenvalue weighted by molar-refractivity contribution is 7.50. The summed E-state index contributed by atoms with van der Waals surface area (Å²) < 4.78 is 8.80. The normalized spacial score (nSPS) is 12.0. The van der Waals surface area contributed by atoms with E-state index in [2.05, 4.69) is 93.6 Å². The predicted octanol–water partition coefficient (Wildman–Crippen LogP) is 6.91. The Labute approximate surface area is 145 Å². The second kappa shape index (κ2) is 5.64. The van der Waals surface area contributed by atoms with Gasteiger partial charge in [0.2, 0.25) is 0 Å². The Hall–Kier alpha value is -2.32. The van der Waals surface area contributed by atoms with E-state index in [-0.39, 0.29) is 16.1 Å². The maximum atomic E-state index is 5.96. The lowest BCUT2D eigenvalue weighted by Crippen LogP contribution is -2.22. The average Bonchev–Trinajstić information content (AvgIpc) is 2.89. The monoisotopic (exact) mass is 333 g/mol. The maximum Gasteiger partial charge on any atom is 0.187 e. The molecule has 0 aliphatic carbocycles. The molecule has 0 amide bonds. The summed E-state index contributed by atoms with van der Waals surface area (Å²) in [5.74, 6) is 0.926. The zero-order chi connectivity index (χ0) is 16.7. The number of rotatable bonds is 2. The van der Waals surface area contributed by atoms with Gasteiger partial charge in [0.25, 0.3) is 0 Å². The molecule has 24 heavy (non-hydrogen) atoms. The van der Waals surface area contributed by atoms with Gasteiger partial charge in [-0.05, 0) is 57.2 Å². The second-order valence-electron chi connectivity index (χ2n) is 6.98. The lowest BCUT2D eigenvalue weighted by atomic mass is 10.2. The zero-order valence-electron chi connectivity index (χ0n) is 14.2. The Morgan fingerprint density at radius 2 is 1.17 bits per heavy atom. The number of hydrogen-bond donors (Lipinski definition) is 0. The van der Waals surface area contributed by atoms with Crippen LogP contribution in [0.15, 0.2) is 72.8 Å². The van der Waals surface area contributed by atoms with E-state index in [0.717, 1.165) is 5.75 Å². The lowest BCUT2D eigenvalue weighted by Gasteiger charge is -2.20. The molecule has 0 spiro atoms. The van der Waals surface area contributed by atoms with E-state index in [9.17, 15) is 0 Å². The van der Waals surface area contributed by atoms with Gasteiger partial charge in [-0.15, -0.1) is 0 Å². The van der Waals surface area contributed by atoms with Crippen LogP contribution < -0.4 is 4.74 Å². The van der Waals surface area contributed by atoms with Crippen molar-refractivity contribution in [1.29, 1.82) is 0 Å². The smallest absolute Gasteiger partial charge is 0.187 e. The molecule has 0 saturated carbocycles. The molecule has 1 aromatic heterocycles. The van der Waals surface area contributed by atoms with Crippen molar-refractivity contribution in [1.82, 2.24) is 0 Å². The Bertz CT molecular complexity index is 950. The summed E-state index contributed by atoms with van der Waals surface area (Å²) in [7, 11) is -0.0275. The van der Waals surface area contributed by atoms with E-state index < -0.39 is 0 Å². The zero-order valence-corrected chi connectivity index (χ0v) is 15.1. The van der Waals surface area contributed by atoms with E-state index in [4.69, 9.17) is 4.74 Å². The largest absolute Gasteiger partial charge is 0.488 e. The first-order chi connectivity index (χ1) is 11.5. The average molecular weight is 333 g/mol. The summed E-state index contributed by atoms with van der Waals surface area (Å²) in [5, 5.41) is 2.73.